The van der Waals surface area contributed by atoms with Crippen LogP contribution in [-0.4, -0.2) is 75.4 Å². The number of hydrogen-bond donors (Lipinski definition) is 2. The number of amides is 1. The Balaban J connectivity index is 0.000000203. The summed E-state index contributed by atoms with van der Waals surface area (Å²) in [5.74, 6) is 6.60. The van der Waals surface area contributed by atoms with Gasteiger partial charge in [0.1, 0.15) is 0 Å². The van der Waals surface area contributed by atoms with Crippen molar-refractivity contribution in [2.75, 3.05) is 14.2 Å². The Hall–Kier alpha value is -2.85. The average Bonchev–Trinajstić information content (AvgIpc) is 4.16. The van der Waals surface area contributed by atoms with E-state index in [4.69, 9.17) is 4.84 Å². The molecule has 0 spiro atoms. The van der Waals surface area contributed by atoms with Gasteiger partial charge in [-0.15, -0.1) is 5.56 Å². The number of halogens is 1. The van der Waals surface area contributed by atoms with Gasteiger partial charge in [0.15, 0.2) is 5.78 Å². The predicted octanol–water partition coefficient (Wildman–Crippen LogP) is 13.4. The summed E-state index contributed by atoms with van der Waals surface area (Å²) in [5, 5.41) is 22.8. The van der Waals surface area contributed by atoms with Crippen LogP contribution in [-0.2, 0) is 9.63 Å². The van der Waals surface area contributed by atoms with E-state index in [0.29, 0.717) is 40.3 Å². The van der Waals surface area contributed by atoms with Crippen molar-refractivity contribution >= 4 is 34.7 Å². The van der Waals surface area contributed by atoms with E-state index in [0.717, 1.165) is 67.8 Å². The minimum Gasteiger partial charge on any atom is -1.00 e. The van der Waals surface area contributed by atoms with Crippen molar-refractivity contribution in [3.8, 4) is 22.3 Å². The number of benzene rings is 4. The summed E-state index contributed by atoms with van der Waals surface area (Å²) in [4.78, 5) is 32.0. The van der Waals surface area contributed by atoms with E-state index in [9.17, 15) is 19.8 Å². The van der Waals surface area contributed by atoms with Crippen LogP contribution in [0, 0.1) is 86.9 Å². The molecule has 8 saturated carbocycles. The second kappa shape index (κ2) is 25.3. The average molecular weight is 1140 g/mol. The van der Waals surface area contributed by atoms with Crippen LogP contribution in [0.15, 0.2) is 109 Å². The van der Waals surface area contributed by atoms with Crippen LogP contribution in [0.25, 0.3) is 22.3 Å². The summed E-state index contributed by atoms with van der Waals surface area (Å²) in [6, 6.07) is 40.1. The molecule has 8 aliphatic carbocycles. The Bertz CT molecular complexity index is 2540. The summed E-state index contributed by atoms with van der Waals surface area (Å²) in [5.41, 5.74) is 5.87. The quantitative estimate of drug-likeness (QED) is 0.0869. The van der Waals surface area contributed by atoms with Gasteiger partial charge in [-0.1, -0.05) is 127 Å². The maximum atomic E-state index is 13.8. The molecule has 8 fully saturated rings. The molecule has 1 amide bonds. The topological polar surface area (TPSA) is 87.1 Å². The van der Waals surface area contributed by atoms with Crippen molar-refractivity contribution in [2.45, 2.75) is 183 Å². The van der Waals surface area contributed by atoms with Gasteiger partial charge in [0.2, 0.25) is 5.91 Å². The summed E-state index contributed by atoms with van der Waals surface area (Å²) >= 11 is 0. The summed E-state index contributed by atoms with van der Waals surface area (Å²) in [6.07, 6.45) is 20.7. The molecule has 8 heteroatoms. The van der Waals surface area contributed by atoms with Gasteiger partial charge in [0.05, 0.1) is 18.3 Å². The van der Waals surface area contributed by atoms with Gasteiger partial charge < -0.3 is 27.2 Å². The number of Topliss-reactive ketones (excluding diaryl/α,β-unsaturated/α-hetero) is 1. The summed E-state index contributed by atoms with van der Waals surface area (Å²) in [7, 11) is 3.34. The standard InChI is InChI=1S/C33H42O2.C23H39NO3.C12H9.2CH4.BrH.Mg/c1-31(35)19-20-32(2)25(21-31)13-14-26-27-15-16-29(33(27,3)18-17-28(26)32)30(34)24-11-9-23(10-12-24)22-7-5-4-6-8-22;1-21(26)12-13-22(2)15(14-21)6-7-16-17-8-9-19(20(25)24(4)27-5)23(17,3)11-10-18(16)22;1-3-7-11(8-4-1)12-9-5-2-6-10-12;;;;/h4-12,25-29,35H,13-21H2,1-3H3;15-19,26H,6-14H2,1-5H3;1,3-10H;2*1H4;1H;/q;;-1;;;;+2/p-1/t25-,26+,27+,28+,29-,31-,32+,33+;15-,16-,17-,18-,19+,21+,22-,23-;;;;;/m10...../s1. The predicted molar refractivity (Wildman–Crippen MR) is 318 cm³/mol. The molecule has 16 atom stereocenters. The van der Waals surface area contributed by atoms with Gasteiger partial charge in [-0.2, -0.15) is 30.3 Å². The molecule has 4 aromatic rings. The van der Waals surface area contributed by atoms with E-state index >= 15 is 0 Å². The molecule has 8 aliphatic rings. The summed E-state index contributed by atoms with van der Waals surface area (Å²) in [6.45, 7) is 14.0. The Labute approximate surface area is 499 Å². The van der Waals surface area contributed by atoms with Crippen LogP contribution in [0.1, 0.15) is 182 Å². The van der Waals surface area contributed by atoms with Crippen molar-refractivity contribution in [1.29, 1.82) is 0 Å². The maximum absolute atomic E-state index is 13.8. The van der Waals surface area contributed by atoms with Gasteiger partial charge >= 0.3 is 23.1 Å². The number of rotatable bonds is 6. The second-order valence-electron chi connectivity index (χ2n) is 27.0. The number of carbonyl (C=O) groups excluding carboxylic acids is 2. The first-order valence-electron chi connectivity index (χ1n) is 29.3. The Morgan fingerprint density at radius 2 is 0.897 bits per heavy atom. The van der Waals surface area contributed by atoms with Crippen LogP contribution in [0.2, 0.25) is 0 Å². The van der Waals surface area contributed by atoms with Crippen LogP contribution < -0.4 is 17.0 Å². The first-order chi connectivity index (χ1) is 35.3. The van der Waals surface area contributed by atoms with Gasteiger partial charge in [-0.05, 0) is 215 Å². The van der Waals surface area contributed by atoms with Crippen molar-refractivity contribution in [3.63, 3.8) is 0 Å². The third kappa shape index (κ3) is 12.1. The van der Waals surface area contributed by atoms with E-state index in [1.807, 2.05) is 43.3 Å². The number of ketones is 1. The fourth-order valence-corrected chi connectivity index (χ4v) is 18.9. The zero-order valence-electron chi connectivity index (χ0n) is 47.5. The molecule has 2 N–H and O–H groups in total. The largest absolute Gasteiger partial charge is 2.00 e. The normalized spacial score (nSPS) is 38.5. The van der Waals surface area contributed by atoms with Crippen molar-refractivity contribution in [3.05, 3.63) is 121 Å². The fourth-order valence-electron chi connectivity index (χ4n) is 18.9. The molecule has 0 saturated heterocycles. The third-order valence-electron chi connectivity index (χ3n) is 23.2. The van der Waals surface area contributed by atoms with Gasteiger partial charge in [0, 0.05) is 24.4 Å². The molecule has 12 rings (SSSR count). The van der Waals surface area contributed by atoms with E-state index < -0.39 is 11.2 Å². The Morgan fingerprint density at radius 1 is 0.500 bits per heavy atom. The number of nitrogens with zero attached hydrogens (tertiary/aromatic N) is 1. The van der Waals surface area contributed by atoms with Crippen molar-refractivity contribution < 1.29 is 41.6 Å². The van der Waals surface area contributed by atoms with E-state index in [1.54, 1.807) is 14.2 Å². The molecule has 0 aliphatic heterocycles. The van der Waals surface area contributed by atoms with E-state index in [1.165, 1.54) is 104 Å². The summed E-state index contributed by atoms with van der Waals surface area (Å²) < 4.78 is 0. The second-order valence-corrected chi connectivity index (χ2v) is 27.0. The number of hydrogen-bond acceptors (Lipinski definition) is 5. The zero-order valence-corrected chi connectivity index (χ0v) is 50.5. The minimum absolute atomic E-state index is 0. The molecule has 4 aromatic carbocycles. The Morgan fingerprint density at radius 3 is 1.35 bits per heavy atom. The first kappa shape index (κ1) is 64.3. The molecule has 0 bridgehead atoms. The van der Waals surface area contributed by atoms with E-state index in [-0.39, 0.29) is 83.5 Å². The molecule has 0 aromatic heterocycles. The van der Waals surface area contributed by atoms with Crippen LogP contribution in [0.5, 0.6) is 0 Å². The number of carbonyl (C=O) groups is 2. The number of aliphatic hydroxyl groups is 2. The van der Waals surface area contributed by atoms with Crippen LogP contribution in [0.4, 0.5) is 0 Å². The molecule has 0 unspecified atom stereocenters. The Kier molecular flexibility index (Phi) is 20.9. The van der Waals surface area contributed by atoms with Crippen LogP contribution in [0.3, 0.4) is 0 Å². The number of hydroxylamine groups is 2. The SMILES string of the molecule is C.C.CON(C)C(=O)[C@H]1CC[C@H]2[C@@H]3CC[C@H]4C[C@](C)(O)CC[C@]4(C)[C@H]3CC[C@]12C.C[C@@]1(O)CC[C@@]2(C)[C@H](CC[C@@H]3[C@@H]2CC[C@]2(C)[C@@H](C(=O)c4ccc(-c5ccccc5)cc4)CC[C@@H]32)C1.[Br-].[Mg+2].[c-]1ccc(-c2ccccc2)cc1. The molecular weight excluding hydrogens is 1040 g/mol. The zero-order chi connectivity index (χ0) is 52.3. The molecule has 6 nitrogen and oxygen atoms in total. The third-order valence-corrected chi connectivity index (χ3v) is 23.2. The maximum Gasteiger partial charge on any atom is 2.00 e. The van der Waals surface area contributed by atoms with Gasteiger partial charge in [-0.3, -0.25) is 14.4 Å². The van der Waals surface area contributed by atoms with Crippen molar-refractivity contribution in [1.82, 2.24) is 5.06 Å². The van der Waals surface area contributed by atoms with Crippen molar-refractivity contribution in [2.24, 2.45) is 80.8 Å². The van der Waals surface area contributed by atoms with E-state index in [2.05, 4.69) is 113 Å². The fraction of sp³-hybridized carbons (Fsp3) is 0.629. The first-order valence-corrected chi connectivity index (χ1v) is 29.3. The van der Waals surface area contributed by atoms with Gasteiger partial charge in [0.25, 0.3) is 0 Å². The molecule has 0 radical (unpaired) electrons. The minimum atomic E-state index is -0.471. The molecular formula is C70H98BrMgNO5. The molecule has 78 heavy (non-hydrogen) atoms. The number of fused-ring (bicyclic) bond motifs is 10. The monoisotopic (exact) mass is 1140 g/mol. The van der Waals surface area contributed by atoms with Gasteiger partial charge in [-0.25, -0.2) is 5.06 Å². The molecule has 0 heterocycles. The smallest absolute Gasteiger partial charge is 1.00 e. The molecule has 422 valence electrons. The van der Waals surface area contributed by atoms with Crippen LogP contribution >= 0.6 is 0 Å².